The molecule has 0 heterocycles. The summed E-state index contributed by atoms with van der Waals surface area (Å²) in [4.78, 5) is 0. The van der Waals surface area contributed by atoms with E-state index in [9.17, 15) is 15.3 Å². The Labute approximate surface area is 154 Å². The maximum Gasteiger partial charge on any atom is 0.119 e. The molecule has 3 rings (SSSR count). The van der Waals surface area contributed by atoms with Gasteiger partial charge in [0.05, 0.1) is 0 Å². The summed E-state index contributed by atoms with van der Waals surface area (Å²) in [5, 5.41) is 30.6. The Hall–Kier alpha value is -2.94. The van der Waals surface area contributed by atoms with Crippen molar-refractivity contribution in [3.8, 4) is 17.2 Å². The molecule has 3 N–H and O–H groups in total. The van der Waals surface area contributed by atoms with Crippen molar-refractivity contribution in [3.63, 3.8) is 0 Å². The van der Waals surface area contributed by atoms with E-state index in [0.717, 1.165) is 38.9 Å². The van der Waals surface area contributed by atoms with Gasteiger partial charge in [0.15, 0.2) is 0 Å². The maximum atomic E-state index is 10.5. The molecule has 0 saturated heterocycles. The highest BCUT2D eigenvalue weighted by Gasteiger charge is 2.25. The van der Waals surface area contributed by atoms with E-state index in [1.807, 2.05) is 52.0 Å². The van der Waals surface area contributed by atoms with Crippen LogP contribution in [0.2, 0.25) is 0 Å². The van der Waals surface area contributed by atoms with Crippen LogP contribution in [0.5, 0.6) is 17.2 Å². The molecule has 0 aromatic heterocycles. The van der Waals surface area contributed by atoms with Crippen LogP contribution < -0.4 is 0 Å². The van der Waals surface area contributed by atoms with Crippen molar-refractivity contribution in [1.82, 2.24) is 0 Å². The number of phenols is 3. The van der Waals surface area contributed by atoms with E-state index in [0.29, 0.717) is 0 Å². The molecule has 26 heavy (non-hydrogen) atoms. The lowest BCUT2D eigenvalue weighted by Crippen LogP contribution is -2.09. The lowest BCUT2D eigenvalue weighted by atomic mass is 9.79. The van der Waals surface area contributed by atoms with Crippen molar-refractivity contribution < 1.29 is 15.3 Å². The molecule has 3 heteroatoms. The summed E-state index contributed by atoms with van der Waals surface area (Å²) < 4.78 is 0. The topological polar surface area (TPSA) is 60.7 Å². The largest absolute Gasteiger partial charge is 0.508 e. The summed E-state index contributed by atoms with van der Waals surface area (Å²) in [5.41, 5.74) is 6.48. The Kier molecular flexibility index (Phi) is 4.64. The van der Waals surface area contributed by atoms with Crippen molar-refractivity contribution in [2.45, 2.75) is 33.6 Å². The molecular weight excluding hydrogens is 324 g/mol. The molecule has 0 aliphatic carbocycles. The van der Waals surface area contributed by atoms with Crippen LogP contribution in [0.25, 0.3) is 0 Å². The van der Waals surface area contributed by atoms with Crippen molar-refractivity contribution >= 4 is 0 Å². The van der Waals surface area contributed by atoms with Crippen LogP contribution in [0.4, 0.5) is 0 Å². The maximum absolute atomic E-state index is 10.5. The fourth-order valence-corrected chi connectivity index (χ4v) is 3.51. The van der Waals surface area contributed by atoms with Gasteiger partial charge in [0.2, 0.25) is 0 Å². The molecule has 134 valence electrons. The van der Waals surface area contributed by atoms with E-state index in [-0.39, 0.29) is 23.2 Å². The second-order valence-electron chi connectivity index (χ2n) is 6.84. The predicted molar refractivity (Wildman–Crippen MR) is 104 cm³/mol. The van der Waals surface area contributed by atoms with E-state index in [1.165, 1.54) is 0 Å². The summed E-state index contributed by atoms with van der Waals surface area (Å²) in [6.45, 7) is 7.76. The van der Waals surface area contributed by atoms with Gasteiger partial charge in [-0.15, -0.1) is 0 Å². The summed E-state index contributed by atoms with van der Waals surface area (Å²) in [7, 11) is 0. The molecule has 3 aromatic rings. The zero-order valence-corrected chi connectivity index (χ0v) is 15.5. The average Bonchev–Trinajstić information content (AvgIpc) is 2.62. The van der Waals surface area contributed by atoms with Gasteiger partial charge in [-0.3, -0.25) is 0 Å². The summed E-state index contributed by atoms with van der Waals surface area (Å²) in [6, 6.07) is 14.6. The number of aromatic hydroxyl groups is 3. The first-order chi connectivity index (χ1) is 12.3. The Morgan fingerprint density at radius 3 is 1.42 bits per heavy atom. The molecular formula is C23H24O3. The summed E-state index contributed by atoms with van der Waals surface area (Å²) in [5.74, 6) is 0.560. The smallest absolute Gasteiger partial charge is 0.119 e. The number of para-hydroxylation sites is 1. The minimum absolute atomic E-state index is 0.199. The van der Waals surface area contributed by atoms with Crippen LogP contribution in [-0.4, -0.2) is 15.3 Å². The molecule has 0 radical (unpaired) electrons. The van der Waals surface area contributed by atoms with Crippen molar-refractivity contribution in [2.75, 3.05) is 0 Å². The molecule has 0 spiro atoms. The number of phenolic OH excluding ortho intramolecular Hbond substituents is 3. The monoisotopic (exact) mass is 348 g/mol. The molecule has 0 aliphatic rings. The Morgan fingerprint density at radius 1 is 0.500 bits per heavy atom. The summed E-state index contributed by atoms with van der Waals surface area (Å²) >= 11 is 0. The molecule has 0 aliphatic heterocycles. The van der Waals surface area contributed by atoms with Gasteiger partial charge in [-0.2, -0.15) is 0 Å². The van der Waals surface area contributed by atoms with E-state index < -0.39 is 0 Å². The Balaban J connectivity index is 2.34. The Morgan fingerprint density at radius 2 is 0.962 bits per heavy atom. The fourth-order valence-electron chi connectivity index (χ4n) is 3.51. The van der Waals surface area contributed by atoms with Gasteiger partial charge in [-0.1, -0.05) is 30.3 Å². The standard InChI is InChI=1S/C23H24O3/c1-13-15(3)20(24)11-9-17(13)23(19-7-5-6-8-22(19)26)18-10-12-21(25)16(4)14(18)2/h5-12,23-26H,1-4H3. The van der Waals surface area contributed by atoms with Gasteiger partial charge >= 0.3 is 0 Å². The first kappa shape index (κ1) is 17.9. The second kappa shape index (κ2) is 6.75. The highest BCUT2D eigenvalue weighted by molar-refractivity contribution is 5.57. The third-order valence-corrected chi connectivity index (χ3v) is 5.47. The van der Waals surface area contributed by atoms with Gasteiger partial charge in [0.25, 0.3) is 0 Å². The van der Waals surface area contributed by atoms with Crippen LogP contribution in [0.15, 0.2) is 48.5 Å². The van der Waals surface area contributed by atoms with E-state index in [2.05, 4.69) is 0 Å². The lowest BCUT2D eigenvalue weighted by molar-refractivity contribution is 0.466. The lowest BCUT2D eigenvalue weighted by Gasteiger charge is -2.25. The molecule has 0 bridgehead atoms. The van der Waals surface area contributed by atoms with Gasteiger partial charge in [-0.25, -0.2) is 0 Å². The summed E-state index contributed by atoms with van der Waals surface area (Å²) in [6.07, 6.45) is 0. The Bertz CT molecular complexity index is 916. The van der Waals surface area contributed by atoms with Gasteiger partial charge in [-0.05, 0) is 79.3 Å². The predicted octanol–water partition coefficient (Wildman–Crippen LogP) is 5.22. The van der Waals surface area contributed by atoms with E-state index in [4.69, 9.17) is 0 Å². The van der Waals surface area contributed by atoms with Crippen LogP contribution >= 0.6 is 0 Å². The third kappa shape index (κ3) is 2.90. The van der Waals surface area contributed by atoms with E-state index in [1.54, 1.807) is 24.3 Å². The molecule has 0 fully saturated rings. The first-order valence-corrected chi connectivity index (χ1v) is 8.69. The molecule has 0 amide bonds. The number of rotatable bonds is 3. The van der Waals surface area contributed by atoms with Crippen molar-refractivity contribution in [2.24, 2.45) is 0 Å². The van der Waals surface area contributed by atoms with E-state index >= 15 is 0 Å². The number of hydrogen-bond acceptors (Lipinski definition) is 3. The number of hydrogen-bond donors (Lipinski definition) is 3. The van der Waals surface area contributed by atoms with Gasteiger partial charge in [0.1, 0.15) is 17.2 Å². The van der Waals surface area contributed by atoms with Crippen molar-refractivity contribution in [3.05, 3.63) is 87.5 Å². The highest BCUT2D eigenvalue weighted by atomic mass is 16.3. The molecule has 3 aromatic carbocycles. The molecule has 0 saturated carbocycles. The fraction of sp³-hybridized carbons (Fsp3) is 0.217. The second-order valence-corrected chi connectivity index (χ2v) is 6.84. The average molecular weight is 348 g/mol. The number of benzene rings is 3. The van der Waals surface area contributed by atoms with Crippen LogP contribution in [0.3, 0.4) is 0 Å². The van der Waals surface area contributed by atoms with Gasteiger partial charge < -0.3 is 15.3 Å². The minimum atomic E-state index is -0.199. The molecule has 0 unspecified atom stereocenters. The molecule has 3 nitrogen and oxygen atoms in total. The first-order valence-electron chi connectivity index (χ1n) is 8.69. The van der Waals surface area contributed by atoms with Crippen molar-refractivity contribution in [1.29, 1.82) is 0 Å². The zero-order valence-electron chi connectivity index (χ0n) is 15.5. The third-order valence-electron chi connectivity index (χ3n) is 5.47. The van der Waals surface area contributed by atoms with Crippen LogP contribution in [-0.2, 0) is 0 Å². The normalized spacial score (nSPS) is 11.1. The SMILES string of the molecule is Cc1c(O)ccc(C(c2ccccc2O)c2ccc(O)c(C)c2C)c1C. The van der Waals surface area contributed by atoms with Crippen LogP contribution in [0.1, 0.15) is 44.9 Å². The quantitative estimate of drug-likeness (QED) is 0.569. The minimum Gasteiger partial charge on any atom is -0.508 e. The highest BCUT2D eigenvalue weighted by Crippen LogP contribution is 2.42. The van der Waals surface area contributed by atoms with Gasteiger partial charge in [0, 0.05) is 11.5 Å². The molecule has 0 atom stereocenters. The van der Waals surface area contributed by atoms with Crippen LogP contribution in [0, 0.1) is 27.7 Å². The zero-order chi connectivity index (χ0) is 19.0.